The minimum Gasteiger partial charge on any atom is -0.484 e. The van der Waals surface area contributed by atoms with E-state index in [1.54, 1.807) is 0 Å². The molecular formula is C13H16BrFN2O4. The molecule has 1 saturated heterocycles. The van der Waals surface area contributed by atoms with Crippen molar-refractivity contribution < 1.29 is 18.8 Å². The maximum Gasteiger partial charge on any atom is 0.313 e. The molecule has 6 nitrogen and oxygen atoms in total. The lowest BCUT2D eigenvalue weighted by molar-refractivity contribution is -0.386. The predicted octanol–water partition coefficient (Wildman–Crippen LogP) is 2.64. The van der Waals surface area contributed by atoms with E-state index in [1.165, 1.54) is 6.07 Å². The van der Waals surface area contributed by atoms with Crippen LogP contribution in [0.2, 0.25) is 0 Å². The summed E-state index contributed by atoms with van der Waals surface area (Å²) < 4.78 is 24.8. The van der Waals surface area contributed by atoms with Gasteiger partial charge in [-0.2, -0.15) is 0 Å². The highest BCUT2D eigenvalue weighted by Crippen LogP contribution is 2.32. The van der Waals surface area contributed by atoms with Crippen molar-refractivity contribution >= 4 is 21.6 Å². The number of halogens is 2. The van der Waals surface area contributed by atoms with E-state index in [0.29, 0.717) is 6.54 Å². The molecule has 0 aromatic heterocycles. The van der Waals surface area contributed by atoms with Crippen molar-refractivity contribution in [2.24, 2.45) is 0 Å². The van der Waals surface area contributed by atoms with Crippen LogP contribution in [0.5, 0.6) is 5.75 Å². The third-order valence-corrected chi connectivity index (χ3v) is 3.64. The van der Waals surface area contributed by atoms with Gasteiger partial charge in [0.25, 0.3) is 0 Å². The topological polar surface area (TPSA) is 73.6 Å². The Morgan fingerprint density at radius 3 is 2.95 bits per heavy atom. The Bertz CT molecular complexity index is 553. The van der Waals surface area contributed by atoms with E-state index >= 15 is 0 Å². The van der Waals surface area contributed by atoms with Crippen molar-refractivity contribution in [3.8, 4) is 5.75 Å². The zero-order valence-corrected chi connectivity index (χ0v) is 13.3. The van der Waals surface area contributed by atoms with Crippen LogP contribution in [0.25, 0.3) is 0 Å². The van der Waals surface area contributed by atoms with Crippen molar-refractivity contribution in [1.82, 2.24) is 5.32 Å². The molecule has 0 bridgehead atoms. The van der Waals surface area contributed by atoms with Crippen molar-refractivity contribution in [3.05, 3.63) is 32.5 Å². The first kappa shape index (κ1) is 16.1. The number of nitrogens with zero attached hydrogens (tertiary/aromatic N) is 1. The van der Waals surface area contributed by atoms with Gasteiger partial charge < -0.3 is 14.8 Å². The number of nitro benzene ring substituents is 1. The molecule has 0 saturated carbocycles. The molecule has 0 radical (unpaired) electrons. The average molecular weight is 363 g/mol. The summed E-state index contributed by atoms with van der Waals surface area (Å²) in [7, 11) is 0. The molecule has 1 aliphatic heterocycles. The minimum absolute atomic E-state index is 0.0141. The normalized spacial score (nSPS) is 21.0. The Morgan fingerprint density at radius 2 is 2.33 bits per heavy atom. The van der Waals surface area contributed by atoms with Gasteiger partial charge in [0.05, 0.1) is 21.1 Å². The van der Waals surface area contributed by atoms with E-state index < -0.39 is 16.4 Å². The van der Waals surface area contributed by atoms with Crippen LogP contribution in [0.4, 0.5) is 10.1 Å². The molecule has 1 N–H and O–H groups in total. The summed E-state index contributed by atoms with van der Waals surface area (Å²) in [6.07, 6.45) is -0.225. The third-order valence-electron chi connectivity index (χ3n) is 3.03. The summed E-state index contributed by atoms with van der Waals surface area (Å²) in [5, 5.41) is 14.2. The van der Waals surface area contributed by atoms with Crippen LogP contribution < -0.4 is 10.1 Å². The van der Waals surface area contributed by atoms with Crippen molar-refractivity contribution in [2.75, 3.05) is 19.7 Å². The second-order valence-corrected chi connectivity index (χ2v) is 6.29. The van der Waals surface area contributed by atoms with Crippen molar-refractivity contribution in [1.29, 1.82) is 0 Å². The Hall–Kier alpha value is -1.25. The SMILES string of the molecule is CC1(C)CNCC(COc2cc(Br)c(F)cc2[N+](=O)[O-])O1. The number of nitrogens with one attached hydrogen (secondary N) is 1. The number of rotatable bonds is 4. The number of hydrogen-bond acceptors (Lipinski definition) is 5. The molecule has 0 spiro atoms. The lowest BCUT2D eigenvalue weighted by atomic mass is 10.1. The molecule has 1 atom stereocenters. The minimum atomic E-state index is -0.703. The molecule has 1 fully saturated rings. The first-order valence-corrected chi connectivity index (χ1v) is 7.22. The van der Waals surface area contributed by atoms with Crippen LogP contribution in [-0.2, 0) is 4.74 Å². The Labute approximate surface area is 129 Å². The van der Waals surface area contributed by atoms with E-state index in [0.717, 1.165) is 12.6 Å². The van der Waals surface area contributed by atoms with Crippen molar-refractivity contribution in [3.63, 3.8) is 0 Å². The van der Waals surface area contributed by atoms with E-state index in [2.05, 4.69) is 21.2 Å². The zero-order valence-electron chi connectivity index (χ0n) is 11.7. The summed E-state index contributed by atoms with van der Waals surface area (Å²) in [5.74, 6) is -0.689. The van der Waals surface area contributed by atoms with Crippen LogP contribution in [0.3, 0.4) is 0 Å². The summed E-state index contributed by atoms with van der Waals surface area (Å²) in [6.45, 7) is 5.37. The monoisotopic (exact) mass is 362 g/mol. The molecular weight excluding hydrogens is 347 g/mol. The standard InChI is InChI=1S/C13H16BrFN2O4/c1-13(2)7-16-5-8(21-13)6-20-12-3-9(14)10(15)4-11(12)17(18)19/h3-4,8,16H,5-7H2,1-2H3. The van der Waals surface area contributed by atoms with Gasteiger partial charge in [-0.25, -0.2) is 4.39 Å². The quantitative estimate of drug-likeness (QED) is 0.658. The van der Waals surface area contributed by atoms with Crippen LogP contribution in [0.1, 0.15) is 13.8 Å². The smallest absolute Gasteiger partial charge is 0.313 e. The lowest BCUT2D eigenvalue weighted by Gasteiger charge is -2.36. The van der Waals surface area contributed by atoms with Crippen LogP contribution in [0, 0.1) is 15.9 Å². The highest BCUT2D eigenvalue weighted by molar-refractivity contribution is 9.10. The van der Waals surface area contributed by atoms with Gasteiger partial charge in [0, 0.05) is 19.2 Å². The average Bonchev–Trinajstić information content (AvgIpc) is 2.38. The Morgan fingerprint density at radius 1 is 1.62 bits per heavy atom. The molecule has 1 aromatic rings. The molecule has 2 rings (SSSR count). The Kier molecular flexibility index (Phi) is 4.80. The van der Waals surface area contributed by atoms with Gasteiger partial charge in [-0.1, -0.05) is 0 Å². The fourth-order valence-electron chi connectivity index (χ4n) is 2.12. The molecule has 1 heterocycles. The summed E-state index contributed by atoms with van der Waals surface area (Å²) in [6, 6.07) is 2.10. The summed E-state index contributed by atoms with van der Waals surface area (Å²) >= 11 is 2.99. The molecule has 0 amide bonds. The number of nitro groups is 1. The second-order valence-electron chi connectivity index (χ2n) is 5.43. The Balaban J connectivity index is 2.09. The highest BCUT2D eigenvalue weighted by Gasteiger charge is 2.29. The number of morpholine rings is 1. The van der Waals surface area contributed by atoms with E-state index in [4.69, 9.17) is 9.47 Å². The van der Waals surface area contributed by atoms with Gasteiger partial charge in [0.2, 0.25) is 0 Å². The van der Waals surface area contributed by atoms with Gasteiger partial charge in [-0.3, -0.25) is 10.1 Å². The summed E-state index contributed by atoms with van der Waals surface area (Å²) in [5.41, 5.74) is -0.722. The third kappa shape index (κ3) is 4.12. The first-order chi connectivity index (χ1) is 9.78. The fourth-order valence-corrected chi connectivity index (χ4v) is 2.44. The maximum absolute atomic E-state index is 13.4. The number of benzene rings is 1. The van der Waals surface area contributed by atoms with Gasteiger partial charge in [0.15, 0.2) is 5.75 Å². The molecule has 0 aliphatic carbocycles. The zero-order chi connectivity index (χ0) is 15.6. The van der Waals surface area contributed by atoms with Gasteiger partial charge in [-0.15, -0.1) is 0 Å². The molecule has 1 aliphatic rings. The molecule has 116 valence electrons. The molecule has 21 heavy (non-hydrogen) atoms. The predicted molar refractivity (Wildman–Crippen MR) is 78.1 cm³/mol. The number of hydrogen-bond donors (Lipinski definition) is 1. The molecule has 1 unspecified atom stereocenters. The fraction of sp³-hybridized carbons (Fsp3) is 0.538. The lowest BCUT2D eigenvalue weighted by Crippen LogP contribution is -2.52. The van der Waals surface area contributed by atoms with Crippen LogP contribution in [0.15, 0.2) is 16.6 Å². The van der Waals surface area contributed by atoms with E-state index in [1.807, 2.05) is 13.8 Å². The van der Waals surface area contributed by atoms with E-state index in [9.17, 15) is 14.5 Å². The maximum atomic E-state index is 13.4. The van der Waals surface area contributed by atoms with Crippen LogP contribution >= 0.6 is 15.9 Å². The van der Waals surface area contributed by atoms with E-state index in [-0.39, 0.29) is 28.5 Å². The number of ether oxygens (including phenoxy) is 2. The van der Waals surface area contributed by atoms with Gasteiger partial charge >= 0.3 is 5.69 Å². The highest BCUT2D eigenvalue weighted by atomic mass is 79.9. The summed E-state index contributed by atoms with van der Waals surface area (Å²) in [4.78, 5) is 10.3. The van der Waals surface area contributed by atoms with Gasteiger partial charge in [-0.05, 0) is 29.8 Å². The van der Waals surface area contributed by atoms with Crippen molar-refractivity contribution in [2.45, 2.75) is 25.6 Å². The first-order valence-electron chi connectivity index (χ1n) is 6.43. The molecule has 1 aromatic carbocycles. The van der Waals surface area contributed by atoms with Gasteiger partial charge in [0.1, 0.15) is 18.5 Å². The second kappa shape index (κ2) is 6.25. The largest absolute Gasteiger partial charge is 0.484 e. The molecule has 8 heteroatoms. The van der Waals surface area contributed by atoms with Crippen LogP contribution in [-0.4, -0.2) is 36.3 Å².